The lowest BCUT2D eigenvalue weighted by atomic mass is 10.0. The van der Waals surface area contributed by atoms with Crippen molar-refractivity contribution >= 4 is 5.91 Å². The second-order valence-electron chi connectivity index (χ2n) is 9.64. The number of hydrogen-bond donors (Lipinski definition) is 1. The molecule has 1 aromatic carbocycles. The van der Waals surface area contributed by atoms with E-state index >= 15 is 0 Å². The molecule has 0 bridgehead atoms. The molecule has 1 aliphatic heterocycles. The van der Waals surface area contributed by atoms with E-state index in [2.05, 4.69) is 70.9 Å². The molecule has 31 heavy (non-hydrogen) atoms. The monoisotopic (exact) mass is 426 g/mol. The third-order valence-electron chi connectivity index (χ3n) is 5.65. The molecule has 170 valence electrons. The van der Waals surface area contributed by atoms with Gasteiger partial charge in [0.05, 0.1) is 12.6 Å². The van der Waals surface area contributed by atoms with Crippen molar-refractivity contribution in [1.82, 2.24) is 29.9 Å². The first-order valence-electron chi connectivity index (χ1n) is 11.4. The number of carbonyl (C=O) groups excluding carboxylic acids is 1. The maximum Gasteiger partial charge on any atom is 0.234 e. The van der Waals surface area contributed by atoms with Gasteiger partial charge in [-0.15, -0.1) is 10.2 Å². The van der Waals surface area contributed by atoms with E-state index in [0.717, 1.165) is 50.7 Å². The number of fused-ring (bicyclic) bond motifs is 1. The summed E-state index contributed by atoms with van der Waals surface area (Å²) >= 11 is 0. The lowest BCUT2D eigenvalue weighted by Crippen LogP contribution is -2.37. The SMILES string of the molecule is Cc1cc(C)cc(CN2CCc3nnc(C(CC(C)C)NC(=O)CN(C)C)n3CC2)c1. The number of nitrogens with one attached hydrogen (secondary N) is 1. The Balaban J connectivity index is 1.73. The molecular formula is C24H38N6O. The van der Waals surface area contributed by atoms with E-state index in [1.165, 1.54) is 16.7 Å². The number of hydrogen-bond acceptors (Lipinski definition) is 5. The van der Waals surface area contributed by atoms with Crippen molar-refractivity contribution in [2.45, 2.75) is 59.7 Å². The zero-order valence-electron chi connectivity index (χ0n) is 20.0. The fourth-order valence-electron chi connectivity index (χ4n) is 4.45. The minimum atomic E-state index is -0.111. The molecule has 2 aromatic rings. The van der Waals surface area contributed by atoms with Crippen molar-refractivity contribution in [2.75, 3.05) is 33.7 Å². The highest BCUT2D eigenvalue weighted by molar-refractivity contribution is 5.78. The summed E-state index contributed by atoms with van der Waals surface area (Å²) < 4.78 is 2.24. The minimum Gasteiger partial charge on any atom is -0.345 e. The molecular weight excluding hydrogens is 388 g/mol. The topological polar surface area (TPSA) is 66.3 Å². The molecule has 1 atom stereocenters. The Kier molecular flexibility index (Phi) is 7.84. The fourth-order valence-corrected chi connectivity index (χ4v) is 4.45. The first-order valence-corrected chi connectivity index (χ1v) is 11.4. The number of nitrogens with zero attached hydrogens (tertiary/aromatic N) is 5. The number of likely N-dealkylation sites (N-methyl/N-ethyl adjacent to an activating group) is 1. The molecule has 0 radical (unpaired) electrons. The number of aryl methyl sites for hydroxylation is 2. The van der Waals surface area contributed by atoms with Crippen LogP contribution in [-0.4, -0.2) is 64.2 Å². The number of rotatable bonds is 8. The standard InChI is InChI=1S/C24H38N6O/c1-17(2)11-21(25-23(31)16-28(5)6)24-27-26-22-7-8-29(9-10-30(22)24)15-20-13-18(3)12-19(4)14-20/h12-14,17,21H,7-11,15-16H2,1-6H3,(H,25,31). The average molecular weight is 427 g/mol. The molecule has 7 heteroatoms. The highest BCUT2D eigenvalue weighted by atomic mass is 16.2. The van der Waals surface area contributed by atoms with E-state index in [1.54, 1.807) is 0 Å². The molecule has 0 spiro atoms. The van der Waals surface area contributed by atoms with Gasteiger partial charge in [0.25, 0.3) is 0 Å². The summed E-state index contributed by atoms with van der Waals surface area (Å²) in [6.45, 7) is 12.8. The van der Waals surface area contributed by atoms with Crippen LogP contribution in [0.2, 0.25) is 0 Å². The third kappa shape index (κ3) is 6.61. The number of amides is 1. The van der Waals surface area contributed by atoms with E-state index in [0.29, 0.717) is 12.5 Å². The number of carbonyl (C=O) groups is 1. The highest BCUT2D eigenvalue weighted by Crippen LogP contribution is 2.23. The molecule has 0 aliphatic carbocycles. The van der Waals surface area contributed by atoms with Gasteiger partial charge in [0, 0.05) is 32.6 Å². The van der Waals surface area contributed by atoms with Crippen molar-refractivity contribution in [3.63, 3.8) is 0 Å². The maximum atomic E-state index is 12.5. The van der Waals surface area contributed by atoms with Gasteiger partial charge in [0.2, 0.25) is 5.91 Å². The average Bonchev–Trinajstić information content (AvgIpc) is 2.94. The predicted octanol–water partition coefficient (Wildman–Crippen LogP) is 2.72. The smallest absolute Gasteiger partial charge is 0.234 e. The Morgan fingerprint density at radius 2 is 1.81 bits per heavy atom. The molecule has 1 unspecified atom stereocenters. The largest absolute Gasteiger partial charge is 0.345 e. The minimum absolute atomic E-state index is 0.0260. The zero-order chi connectivity index (χ0) is 22.5. The van der Waals surface area contributed by atoms with E-state index in [4.69, 9.17) is 0 Å². The van der Waals surface area contributed by atoms with Crippen LogP contribution in [0.3, 0.4) is 0 Å². The second-order valence-corrected chi connectivity index (χ2v) is 9.64. The summed E-state index contributed by atoms with van der Waals surface area (Å²) in [5.41, 5.74) is 3.99. The molecule has 2 heterocycles. The first kappa shape index (κ1) is 23.4. The number of benzene rings is 1. The maximum absolute atomic E-state index is 12.5. The van der Waals surface area contributed by atoms with Crippen LogP contribution in [0.15, 0.2) is 18.2 Å². The number of aromatic nitrogens is 3. The molecule has 0 fully saturated rings. The second kappa shape index (κ2) is 10.4. The van der Waals surface area contributed by atoms with Crippen LogP contribution < -0.4 is 5.32 Å². The van der Waals surface area contributed by atoms with Gasteiger partial charge in [-0.1, -0.05) is 43.2 Å². The highest BCUT2D eigenvalue weighted by Gasteiger charge is 2.26. The van der Waals surface area contributed by atoms with Crippen molar-refractivity contribution < 1.29 is 4.79 Å². The molecule has 1 amide bonds. The summed E-state index contributed by atoms with van der Waals surface area (Å²) in [5.74, 6) is 2.39. The van der Waals surface area contributed by atoms with Crippen LogP contribution in [0.25, 0.3) is 0 Å². The van der Waals surface area contributed by atoms with Crippen LogP contribution in [0.1, 0.15) is 54.6 Å². The van der Waals surface area contributed by atoms with Crippen molar-refractivity contribution in [1.29, 1.82) is 0 Å². The van der Waals surface area contributed by atoms with Crippen LogP contribution in [0.4, 0.5) is 0 Å². The molecule has 0 saturated heterocycles. The van der Waals surface area contributed by atoms with Gasteiger partial charge in [-0.05, 0) is 45.8 Å². The normalized spacial score (nSPS) is 15.7. The van der Waals surface area contributed by atoms with Gasteiger partial charge in [0.15, 0.2) is 5.82 Å². The summed E-state index contributed by atoms with van der Waals surface area (Å²) in [5, 5.41) is 12.2. The predicted molar refractivity (Wildman–Crippen MR) is 124 cm³/mol. The van der Waals surface area contributed by atoms with Gasteiger partial charge in [-0.3, -0.25) is 9.69 Å². The van der Waals surface area contributed by atoms with Crippen LogP contribution in [-0.2, 0) is 24.3 Å². The molecule has 1 N–H and O–H groups in total. The Bertz CT molecular complexity index is 868. The van der Waals surface area contributed by atoms with E-state index in [1.807, 2.05) is 19.0 Å². The van der Waals surface area contributed by atoms with E-state index < -0.39 is 0 Å². The van der Waals surface area contributed by atoms with Crippen LogP contribution in [0.5, 0.6) is 0 Å². The molecule has 3 rings (SSSR count). The van der Waals surface area contributed by atoms with E-state index in [-0.39, 0.29) is 11.9 Å². The van der Waals surface area contributed by atoms with Gasteiger partial charge < -0.3 is 14.8 Å². The molecule has 1 aliphatic rings. The molecule has 7 nitrogen and oxygen atoms in total. The lowest BCUT2D eigenvalue weighted by Gasteiger charge is -2.23. The van der Waals surface area contributed by atoms with Gasteiger partial charge >= 0.3 is 0 Å². The van der Waals surface area contributed by atoms with E-state index in [9.17, 15) is 4.79 Å². The zero-order valence-corrected chi connectivity index (χ0v) is 20.0. The van der Waals surface area contributed by atoms with Crippen molar-refractivity contribution in [2.24, 2.45) is 5.92 Å². The fraction of sp³-hybridized carbons (Fsp3) is 0.625. The van der Waals surface area contributed by atoms with Crippen LogP contribution >= 0.6 is 0 Å². The Morgan fingerprint density at radius 3 is 2.45 bits per heavy atom. The van der Waals surface area contributed by atoms with Crippen molar-refractivity contribution in [3.8, 4) is 0 Å². The third-order valence-corrected chi connectivity index (χ3v) is 5.65. The Morgan fingerprint density at radius 1 is 1.10 bits per heavy atom. The Labute approximate surface area is 186 Å². The Hall–Kier alpha value is -2.25. The van der Waals surface area contributed by atoms with Gasteiger partial charge in [-0.2, -0.15) is 0 Å². The summed E-state index contributed by atoms with van der Waals surface area (Å²) in [6.07, 6.45) is 1.72. The molecule has 1 aromatic heterocycles. The molecule has 0 saturated carbocycles. The quantitative estimate of drug-likeness (QED) is 0.703. The summed E-state index contributed by atoms with van der Waals surface area (Å²) in [7, 11) is 3.81. The van der Waals surface area contributed by atoms with Gasteiger partial charge in [0.1, 0.15) is 5.82 Å². The summed E-state index contributed by atoms with van der Waals surface area (Å²) in [6, 6.07) is 6.67. The summed E-state index contributed by atoms with van der Waals surface area (Å²) in [4.78, 5) is 16.8. The van der Waals surface area contributed by atoms with Crippen LogP contribution in [0, 0.1) is 19.8 Å². The van der Waals surface area contributed by atoms with Crippen molar-refractivity contribution in [3.05, 3.63) is 46.5 Å². The lowest BCUT2D eigenvalue weighted by molar-refractivity contribution is -0.122. The first-order chi connectivity index (χ1) is 14.7. The van der Waals surface area contributed by atoms with Gasteiger partial charge in [-0.25, -0.2) is 0 Å².